The van der Waals surface area contributed by atoms with Gasteiger partial charge >= 0.3 is 0 Å². The summed E-state index contributed by atoms with van der Waals surface area (Å²) in [5.41, 5.74) is 8.09. The summed E-state index contributed by atoms with van der Waals surface area (Å²) in [6.07, 6.45) is 1.01. The first kappa shape index (κ1) is 8.99. The molecule has 0 aliphatic heterocycles. The van der Waals surface area contributed by atoms with Crippen molar-refractivity contribution in [3.8, 4) is 0 Å². The van der Waals surface area contributed by atoms with Crippen molar-refractivity contribution in [2.24, 2.45) is 11.7 Å². The van der Waals surface area contributed by atoms with Crippen LogP contribution in [0.25, 0.3) is 0 Å². The summed E-state index contributed by atoms with van der Waals surface area (Å²) in [5.74, 6) is 0.651. The van der Waals surface area contributed by atoms with Gasteiger partial charge in [-0.2, -0.15) is 0 Å². The summed E-state index contributed by atoms with van der Waals surface area (Å²) in [4.78, 5) is 0. The van der Waals surface area contributed by atoms with Crippen molar-refractivity contribution in [3.63, 3.8) is 0 Å². The molecular formula is C7H14ClN. The van der Waals surface area contributed by atoms with Gasteiger partial charge < -0.3 is 5.73 Å². The van der Waals surface area contributed by atoms with Gasteiger partial charge in [-0.1, -0.05) is 25.4 Å². The molecule has 0 aliphatic rings. The van der Waals surface area contributed by atoms with Crippen LogP contribution in [0.4, 0.5) is 0 Å². The first-order valence-electron chi connectivity index (χ1n) is 3.19. The van der Waals surface area contributed by atoms with Crippen molar-refractivity contribution >= 4 is 11.6 Å². The second-order valence-corrected chi connectivity index (χ2v) is 2.79. The third-order valence-corrected chi connectivity index (χ3v) is 1.40. The molecule has 9 heavy (non-hydrogen) atoms. The Balaban J connectivity index is 3.58. The molecule has 0 aromatic rings. The lowest BCUT2D eigenvalue weighted by Gasteiger charge is -2.04. The average molecular weight is 148 g/mol. The van der Waals surface area contributed by atoms with E-state index >= 15 is 0 Å². The maximum atomic E-state index is 5.47. The van der Waals surface area contributed by atoms with Gasteiger partial charge in [-0.25, -0.2) is 0 Å². The topological polar surface area (TPSA) is 26.0 Å². The molecule has 2 heteroatoms. The second-order valence-electron chi connectivity index (χ2n) is 2.57. The molecule has 0 radical (unpaired) electrons. The number of hydrogen-bond donors (Lipinski definition) is 1. The molecule has 0 aromatic carbocycles. The van der Waals surface area contributed by atoms with Gasteiger partial charge in [-0.15, -0.1) is 0 Å². The highest BCUT2D eigenvalue weighted by Gasteiger charge is 1.96. The van der Waals surface area contributed by atoms with Crippen LogP contribution < -0.4 is 5.73 Å². The first-order chi connectivity index (χ1) is 4.20. The van der Waals surface area contributed by atoms with Crippen LogP contribution >= 0.6 is 11.6 Å². The number of halogens is 1. The summed E-state index contributed by atoms with van der Waals surface area (Å²) in [6.45, 7) is 4.88. The summed E-state index contributed by atoms with van der Waals surface area (Å²) in [7, 11) is 0. The molecular weight excluding hydrogens is 134 g/mol. The van der Waals surface area contributed by atoms with Gasteiger partial charge in [-0.05, 0) is 17.9 Å². The van der Waals surface area contributed by atoms with Gasteiger partial charge in [0.1, 0.15) is 0 Å². The molecule has 54 valence electrons. The molecule has 1 nitrogen and oxygen atoms in total. The van der Waals surface area contributed by atoms with Crippen LogP contribution in [-0.2, 0) is 0 Å². The van der Waals surface area contributed by atoms with Crippen molar-refractivity contribution in [3.05, 3.63) is 11.1 Å². The van der Waals surface area contributed by atoms with E-state index in [2.05, 4.69) is 13.8 Å². The van der Waals surface area contributed by atoms with Crippen molar-refractivity contribution in [2.45, 2.75) is 20.3 Å². The van der Waals surface area contributed by atoms with E-state index in [-0.39, 0.29) is 0 Å². The van der Waals surface area contributed by atoms with E-state index in [0.29, 0.717) is 12.5 Å². The van der Waals surface area contributed by atoms with Crippen molar-refractivity contribution in [1.29, 1.82) is 0 Å². The van der Waals surface area contributed by atoms with E-state index < -0.39 is 0 Å². The van der Waals surface area contributed by atoms with Crippen LogP contribution in [0, 0.1) is 5.92 Å². The minimum Gasteiger partial charge on any atom is -0.327 e. The Bertz CT molecular complexity index is 97.1. The molecule has 0 spiro atoms. The van der Waals surface area contributed by atoms with E-state index in [0.717, 1.165) is 12.0 Å². The number of nitrogens with two attached hydrogens (primary N) is 1. The molecule has 0 unspecified atom stereocenters. The van der Waals surface area contributed by atoms with E-state index in [9.17, 15) is 0 Å². The average Bonchev–Trinajstić information content (AvgIpc) is 1.82. The third-order valence-electron chi connectivity index (χ3n) is 1.09. The Labute approximate surface area is 61.9 Å². The lowest BCUT2D eigenvalue weighted by atomic mass is 10.1. The van der Waals surface area contributed by atoms with Crippen LogP contribution in [0.3, 0.4) is 0 Å². The molecule has 2 N–H and O–H groups in total. The molecule has 0 bridgehead atoms. The normalized spacial score (nSPS) is 12.8. The van der Waals surface area contributed by atoms with Crippen molar-refractivity contribution in [1.82, 2.24) is 0 Å². The lowest BCUT2D eigenvalue weighted by molar-refractivity contribution is 0.636. The van der Waals surface area contributed by atoms with Gasteiger partial charge in [-0.3, -0.25) is 0 Å². The quantitative estimate of drug-likeness (QED) is 0.650. The maximum Gasteiger partial charge on any atom is 0.0148 e. The lowest BCUT2D eigenvalue weighted by Crippen LogP contribution is -2.04. The standard InChI is InChI=1S/C7H14ClN/c1-6(2)3-7(4-8)5-9/h4,6H,3,5,9H2,1-2H3/b7-4+. The smallest absolute Gasteiger partial charge is 0.0148 e. The zero-order chi connectivity index (χ0) is 7.28. The van der Waals surface area contributed by atoms with Gasteiger partial charge in [0.2, 0.25) is 0 Å². The Kier molecular flexibility index (Phi) is 4.83. The zero-order valence-electron chi connectivity index (χ0n) is 6.02. The van der Waals surface area contributed by atoms with Crippen molar-refractivity contribution in [2.75, 3.05) is 6.54 Å². The fourth-order valence-corrected chi connectivity index (χ4v) is 0.875. The van der Waals surface area contributed by atoms with Gasteiger partial charge in [0.25, 0.3) is 0 Å². The largest absolute Gasteiger partial charge is 0.327 e. The molecule has 0 heterocycles. The Morgan fingerprint density at radius 2 is 2.22 bits per heavy atom. The van der Waals surface area contributed by atoms with Crippen LogP contribution in [0.5, 0.6) is 0 Å². The molecule has 0 aromatic heterocycles. The summed E-state index contributed by atoms with van der Waals surface area (Å²) < 4.78 is 0. The van der Waals surface area contributed by atoms with Gasteiger partial charge in [0.15, 0.2) is 0 Å². The summed E-state index contributed by atoms with van der Waals surface area (Å²) >= 11 is 5.47. The van der Waals surface area contributed by atoms with Crippen LogP contribution in [0.2, 0.25) is 0 Å². The summed E-state index contributed by atoms with van der Waals surface area (Å²) in [6, 6.07) is 0. The van der Waals surface area contributed by atoms with E-state index in [1.807, 2.05) is 0 Å². The van der Waals surface area contributed by atoms with E-state index in [1.54, 1.807) is 5.54 Å². The van der Waals surface area contributed by atoms with Crippen LogP contribution in [0.1, 0.15) is 20.3 Å². The fraction of sp³-hybridized carbons (Fsp3) is 0.714. The van der Waals surface area contributed by atoms with Gasteiger partial charge in [0.05, 0.1) is 0 Å². The third kappa shape index (κ3) is 4.49. The fourth-order valence-electron chi connectivity index (χ4n) is 0.697. The highest BCUT2D eigenvalue weighted by molar-refractivity contribution is 6.25. The molecule has 0 amide bonds. The minimum absolute atomic E-state index is 0.585. The monoisotopic (exact) mass is 147 g/mol. The van der Waals surface area contributed by atoms with Crippen LogP contribution in [-0.4, -0.2) is 6.54 Å². The number of hydrogen-bond acceptors (Lipinski definition) is 1. The van der Waals surface area contributed by atoms with Crippen molar-refractivity contribution < 1.29 is 0 Å². The predicted octanol–water partition coefficient (Wildman–Crippen LogP) is 2.11. The van der Waals surface area contributed by atoms with E-state index in [1.165, 1.54) is 0 Å². The molecule has 0 saturated carbocycles. The van der Waals surface area contributed by atoms with Gasteiger partial charge in [0, 0.05) is 12.1 Å². The molecule has 0 atom stereocenters. The highest BCUT2D eigenvalue weighted by atomic mass is 35.5. The number of rotatable bonds is 3. The summed E-state index contributed by atoms with van der Waals surface area (Å²) in [5, 5.41) is 0. The predicted molar refractivity (Wildman–Crippen MR) is 42.4 cm³/mol. The Morgan fingerprint density at radius 1 is 1.67 bits per heavy atom. The van der Waals surface area contributed by atoms with E-state index in [4.69, 9.17) is 17.3 Å². The Hall–Kier alpha value is -0.0100. The van der Waals surface area contributed by atoms with Crippen LogP contribution in [0.15, 0.2) is 11.1 Å². The second kappa shape index (κ2) is 4.83. The zero-order valence-corrected chi connectivity index (χ0v) is 6.78. The maximum absolute atomic E-state index is 5.47. The first-order valence-corrected chi connectivity index (χ1v) is 3.62. The SMILES string of the molecule is CC(C)C/C(=C\Cl)CN. The molecule has 0 rings (SSSR count). The highest BCUT2D eigenvalue weighted by Crippen LogP contribution is 2.09. The Morgan fingerprint density at radius 3 is 2.33 bits per heavy atom. The minimum atomic E-state index is 0.585. The molecule has 0 saturated heterocycles. The molecule has 0 aliphatic carbocycles. The molecule has 0 fully saturated rings.